The van der Waals surface area contributed by atoms with E-state index in [4.69, 9.17) is 0 Å². The normalized spacial score (nSPS) is 54.4. The van der Waals surface area contributed by atoms with Crippen LogP contribution in [0.4, 0.5) is 0 Å². The van der Waals surface area contributed by atoms with E-state index in [1.807, 2.05) is 6.92 Å². The van der Waals surface area contributed by atoms with Gasteiger partial charge < -0.3 is 9.90 Å². The average molecular weight is 316 g/mol. The molecule has 0 radical (unpaired) electrons. The van der Waals surface area contributed by atoms with E-state index in [0.29, 0.717) is 18.3 Å². The first kappa shape index (κ1) is 15.4. The number of carbonyl (C=O) groups is 2. The Labute approximate surface area is 138 Å². The molecule has 4 saturated carbocycles. The summed E-state index contributed by atoms with van der Waals surface area (Å²) in [6.07, 6.45) is 8.25. The van der Waals surface area contributed by atoms with Crippen LogP contribution in [0.15, 0.2) is 12.2 Å². The Morgan fingerprint density at radius 3 is 2.70 bits per heavy atom. The van der Waals surface area contributed by atoms with Crippen LogP contribution in [0.2, 0.25) is 0 Å². The molecule has 1 N–H and O–H groups in total. The van der Waals surface area contributed by atoms with Gasteiger partial charge in [-0.1, -0.05) is 25.5 Å². The Hall–Kier alpha value is -1.12. The summed E-state index contributed by atoms with van der Waals surface area (Å²) < 4.78 is 0. The number of carboxylic acids is 1. The van der Waals surface area contributed by atoms with Gasteiger partial charge in [0.2, 0.25) is 0 Å². The molecule has 3 nitrogen and oxygen atoms in total. The largest absolute Gasteiger partial charge is 0.481 e. The SMILES string of the molecule is C=C1C[C@]23C[C@H]1CC[C@H]2[C@]1(C)CCC[C@@](C)(C(=O)O)[C@H]1[C@@H]3C=O. The number of carboxylic acid groups (broad SMARTS) is 1. The fourth-order valence-corrected chi connectivity index (χ4v) is 7.80. The monoisotopic (exact) mass is 316 g/mol. The molecule has 4 aliphatic rings. The smallest absolute Gasteiger partial charge is 0.309 e. The zero-order valence-electron chi connectivity index (χ0n) is 14.3. The van der Waals surface area contributed by atoms with Crippen molar-refractivity contribution in [3.63, 3.8) is 0 Å². The first-order valence-electron chi connectivity index (χ1n) is 9.16. The quantitative estimate of drug-likeness (QED) is 0.617. The zero-order valence-corrected chi connectivity index (χ0v) is 14.3. The van der Waals surface area contributed by atoms with Crippen molar-refractivity contribution in [2.45, 2.75) is 58.8 Å². The predicted molar refractivity (Wildman–Crippen MR) is 87.8 cm³/mol. The van der Waals surface area contributed by atoms with Gasteiger partial charge in [0.1, 0.15) is 6.29 Å². The number of aldehydes is 1. The topological polar surface area (TPSA) is 54.4 Å². The van der Waals surface area contributed by atoms with Gasteiger partial charge in [-0.2, -0.15) is 0 Å². The molecule has 0 aliphatic heterocycles. The van der Waals surface area contributed by atoms with Crippen LogP contribution in [0.1, 0.15) is 58.8 Å². The second kappa shape index (κ2) is 4.49. The number of hydrogen-bond donors (Lipinski definition) is 1. The number of rotatable bonds is 2. The van der Waals surface area contributed by atoms with Gasteiger partial charge in [-0.05, 0) is 74.0 Å². The van der Waals surface area contributed by atoms with Gasteiger partial charge in [0.05, 0.1) is 5.41 Å². The molecular formula is C20H28O3. The molecule has 0 aromatic carbocycles. The Bertz CT molecular complexity index is 596. The lowest BCUT2D eigenvalue weighted by Gasteiger charge is -2.50. The van der Waals surface area contributed by atoms with Crippen LogP contribution in [-0.4, -0.2) is 17.4 Å². The van der Waals surface area contributed by atoms with E-state index in [-0.39, 0.29) is 22.7 Å². The number of aliphatic carboxylic acids is 1. The Kier molecular flexibility index (Phi) is 3.01. The number of fused-ring (bicyclic) bond motifs is 3. The number of carbonyl (C=O) groups excluding carboxylic acids is 1. The summed E-state index contributed by atoms with van der Waals surface area (Å²) >= 11 is 0. The number of allylic oxidation sites excluding steroid dienone is 1. The molecule has 0 unspecified atom stereocenters. The van der Waals surface area contributed by atoms with Crippen LogP contribution in [0.3, 0.4) is 0 Å². The van der Waals surface area contributed by atoms with Crippen LogP contribution in [0.5, 0.6) is 0 Å². The van der Waals surface area contributed by atoms with E-state index in [2.05, 4.69) is 13.5 Å². The summed E-state index contributed by atoms with van der Waals surface area (Å²) in [4.78, 5) is 24.4. The molecule has 0 aromatic heterocycles. The lowest BCUT2D eigenvalue weighted by molar-refractivity contribution is -0.161. The van der Waals surface area contributed by atoms with Gasteiger partial charge in [-0.25, -0.2) is 0 Å². The van der Waals surface area contributed by atoms with Gasteiger partial charge in [-0.15, -0.1) is 0 Å². The summed E-state index contributed by atoms with van der Waals surface area (Å²) in [7, 11) is 0. The summed E-state index contributed by atoms with van der Waals surface area (Å²) in [6.45, 7) is 8.51. The Morgan fingerprint density at radius 1 is 1.30 bits per heavy atom. The third kappa shape index (κ3) is 1.62. The molecular weight excluding hydrogens is 288 g/mol. The van der Waals surface area contributed by atoms with E-state index in [0.717, 1.165) is 38.4 Å². The second-order valence-electron chi connectivity index (χ2n) is 9.32. The highest BCUT2D eigenvalue weighted by Crippen LogP contribution is 2.77. The Balaban J connectivity index is 1.90. The summed E-state index contributed by atoms with van der Waals surface area (Å²) in [5, 5.41) is 9.99. The summed E-state index contributed by atoms with van der Waals surface area (Å²) in [5.74, 6) is 0.219. The van der Waals surface area contributed by atoms with Crippen LogP contribution in [-0.2, 0) is 9.59 Å². The molecule has 1 spiro atoms. The van der Waals surface area contributed by atoms with Crippen LogP contribution in [0, 0.1) is 39.9 Å². The fraction of sp³-hybridized carbons (Fsp3) is 0.800. The van der Waals surface area contributed by atoms with Gasteiger partial charge in [0.15, 0.2) is 0 Å². The van der Waals surface area contributed by atoms with Crippen LogP contribution in [0.25, 0.3) is 0 Å². The third-order valence-corrected chi connectivity index (χ3v) is 8.52. The zero-order chi connectivity index (χ0) is 16.6. The predicted octanol–water partition coefficient (Wildman–Crippen LogP) is 4.08. The van der Waals surface area contributed by atoms with Gasteiger partial charge in [-0.3, -0.25) is 4.79 Å². The lowest BCUT2D eigenvalue weighted by Crippen LogP contribution is -2.49. The summed E-state index contributed by atoms with van der Waals surface area (Å²) in [6, 6.07) is 0. The van der Waals surface area contributed by atoms with Gasteiger partial charge >= 0.3 is 5.97 Å². The van der Waals surface area contributed by atoms with E-state index >= 15 is 0 Å². The van der Waals surface area contributed by atoms with E-state index in [1.165, 1.54) is 12.0 Å². The van der Waals surface area contributed by atoms with E-state index in [1.54, 1.807) is 0 Å². The van der Waals surface area contributed by atoms with Crippen LogP contribution < -0.4 is 0 Å². The van der Waals surface area contributed by atoms with E-state index < -0.39 is 11.4 Å². The number of hydrogen-bond acceptors (Lipinski definition) is 2. The molecule has 4 fully saturated rings. The average Bonchev–Trinajstić information content (AvgIpc) is 2.87. The molecule has 7 atom stereocenters. The molecule has 23 heavy (non-hydrogen) atoms. The second-order valence-corrected chi connectivity index (χ2v) is 9.32. The molecule has 0 heterocycles. The molecule has 126 valence electrons. The molecule has 0 amide bonds. The van der Waals surface area contributed by atoms with Gasteiger partial charge in [0, 0.05) is 5.92 Å². The third-order valence-electron chi connectivity index (χ3n) is 8.52. The minimum absolute atomic E-state index is 0.00220. The minimum atomic E-state index is -0.760. The maximum atomic E-state index is 12.2. The maximum Gasteiger partial charge on any atom is 0.309 e. The van der Waals surface area contributed by atoms with Crippen molar-refractivity contribution in [3.8, 4) is 0 Å². The molecule has 3 heteroatoms. The highest BCUT2D eigenvalue weighted by atomic mass is 16.4. The standard InChI is InChI=1S/C20H28O3/c1-12-9-20-10-13(12)5-6-15(20)18(2)7-4-8-19(3,17(22)23)16(18)14(20)11-21/h11,13-16H,1,4-10H2,2-3H3,(H,22,23)/t13-,14+,15+,16+,18+,19-,20-/m1/s1. The van der Waals surface area contributed by atoms with Crippen molar-refractivity contribution in [1.29, 1.82) is 0 Å². The molecule has 4 aliphatic carbocycles. The first-order valence-corrected chi connectivity index (χ1v) is 9.16. The minimum Gasteiger partial charge on any atom is -0.481 e. The molecule has 0 aromatic rings. The molecule has 0 saturated heterocycles. The van der Waals surface area contributed by atoms with Crippen LogP contribution >= 0.6 is 0 Å². The van der Waals surface area contributed by atoms with Gasteiger partial charge in [0.25, 0.3) is 0 Å². The van der Waals surface area contributed by atoms with Crippen molar-refractivity contribution in [2.24, 2.45) is 39.9 Å². The van der Waals surface area contributed by atoms with Crippen molar-refractivity contribution in [3.05, 3.63) is 12.2 Å². The van der Waals surface area contributed by atoms with Crippen molar-refractivity contribution in [1.82, 2.24) is 0 Å². The lowest BCUT2D eigenvalue weighted by atomic mass is 9.53. The molecule has 2 bridgehead atoms. The van der Waals surface area contributed by atoms with E-state index in [9.17, 15) is 14.7 Å². The highest BCUT2D eigenvalue weighted by molar-refractivity contribution is 5.76. The molecule has 4 rings (SSSR count). The first-order chi connectivity index (χ1) is 10.8. The maximum absolute atomic E-state index is 12.2. The fourth-order valence-electron chi connectivity index (χ4n) is 7.80. The summed E-state index contributed by atoms with van der Waals surface area (Å²) in [5.41, 5.74) is 0.553. The Morgan fingerprint density at radius 2 is 2.04 bits per heavy atom. The van der Waals surface area contributed by atoms with Crippen molar-refractivity contribution < 1.29 is 14.7 Å². The van der Waals surface area contributed by atoms with Crippen molar-refractivity contribution in [2.75, 3.05) is 0 Å². The highest BCUT2D eigenvalue weighted by Gasteiger charge is 2.73. The van der Waals surface area contributed by atoms with Crippen molar-refractivity contribution >= 4 is 12.3 Å².